The van der Waals surface area contributed by atoms with Crippen molar-refractivity contribution >= 4 is 17.6 Å². The molecular formula is C12H15FN2O3. The molecule has 98 valence electrons. The zero-order valence-corrected chi connectivity index (χ0v) is 9.94. The van der Waals surface area contributed by atoms with Crippen LogP contribution in [0.2, 0.25) is 0 Å². The molecule has 1 unspecified atom stereocenters. The lowest BCUT2D eigenvalue weighted by Gasteiger charge is -2.11. The lowest BCUT2D eigenvalue weighted by molar-refractivity contribution is -0.141. The molecule has 0 bridgehead atoms. The van der Waals surface area contributed by atoms with Crippen molar-refractivity contribution in [3.63, 3.8) is 0 Å². The molecule has 1 aromatic rings. The summed E-state index contributed by atoms with van der Waals surface area (Å²) in [6, 6.07) is 3.72. The van der Waals surface area contributed by atoms with Crippen LogP contribution in [0.15, 0.2) is 18.2 Å². The first-order valence-corrected chi connectivity index (χ1v) is 5.51. The maximum atomic E-state index is 13.4. The SMILES string of the molecule is CCC(CNC(=O)c1ccc(N)cc1F)C(=O)O. The molecule has 0 radical (unpaired) electrons. The van der Waals surface area contributed by atoms with E-state index >= 15 is 0 Å². The zero-order valence-electron chi connectivity index (χ0n) is 9.94. The number of carboxylic acid groups (broad SMARTS) is 1. The second-order valence-corrected chi connectivity index (χ2v) is 3.89. The molecule has 0 aliphatic carbocycles. The first kappa shape index (κ1) is 14.0. The Morgan fingerprint density at radius 3 is 2.67 bits per heavy atom. The topological polar surface area (TPSA) is 92.4 Å². The number of carbonyl (C=O) groups excluding carboxylic acids is 1. The van der Waals surface area contributed by atoms with Gasteiger partial charge in [-0.15, -0.1) is 0 Å². The van der Waals surface area contributed by atoms with Crippen molar-refractivity contribution in [3.8, 4) is 0 Å². The zero-order chi connectivity index (χ0) is 13.7. The van der Waals surface area contributed by atoms with Gasteiger partial charge in [-0.05, 0) is 24.6 Å². The average Bonchev–Trinajstić information content (AvgIpc) is 2.28. The minimum Gasteiger partial charge on any atom is -0.481 e. The van der Waals surface area contributed by atoms with Crippen molar-refractivity contribution in [2.45, 2.75) is 13.3 Å². The third kappa shape index (κ3) is 3.44. The van der Waals surface area contributed by atoms with E-state index in [9.17, 15) is 14.0 Å². The number of amides is 1. The Balaban J connectivity index is 2.68. The summed E-state index contributed by atoms with van der Waals surface area (Å²) in [4.78, 5) is 22.4. The average molecular weight is 254 g/mol. The van der Waals surface area contributed by atoms with Crippen LogP contribution in [0.3, 0.4) is 0 Å². The second-order valence-electron chi connectivity index (χ2n) is 3.89. The summed E-state index contributed by atoms with van der Waals surface area (Å²) in [6.45, 7) is 1.67. The smallest absolute Gasteiger partial charge is 0.308 e. The summed E-state index contributed by atoms with van der Waals surface area (Å²) in [5.74, 6) is -3.04. The molecule has 1 amide bonds. The minimum absolute atomic E-state index is 0.0333. The Morgan fingerprint density at radius 2 is 2.17 bits per heavy atom. The molecule has 0 fully saturated rings. The number of rotatable bonds is 5. The molecule has 0 aliphatic heterocycles. The molecule has 4 N–H and O–H groups in total. The van der Waals surface area contributed by atoms with Gasteiger partial charge in [0.1, 0.15) is 5.82 Å². The first-order chi connectivity index (χ1) is 8.45. The van der Waals surface area contributed by atoms with E-state index in [0.717, 1.165) is 6.07 Å². The van der Waals surface area contributed by atoms with E-state index in [-0.39, 0.29) is 17.8 Å². The molecular weight excluding hydrogens is 239 g/mol. The molecule has 1 rings (SSSR count). The van der Waals surface area contributed by atoms with Crippen molar-refractivity contribution in [2.75, 3.05) is 12.3 Å². The fraction of sp³-hybridized carbons (Fsp3) is 0.333. The van der Waals surface area contributed by atoms with Crippen LogP contribution in [-0.2, 0) is 4.79 Å². The summed E-state index contributed by atoms with van der Waals surface area (Å²) >= 11 is 0. The largest absolute Gasteiger partial charge is 0.481 e. The molecule has 1 aromatic carbocycles. The Morgan fingerprint density at radius 1 is 1.50 bits per heavy atom. The van der Waals surface area contributed by atoms with E-state index in [1.165, 1.54) is 12.1 Å². The molecule has 0 heterocycles. The van der Waals surface area contributed by atoms with Gasteiger partial charge in [-0.1, -0.05) is 6.92 Å². The minimum atomic E-state index is -0.990. The van der Waals surface area contributed by atoms with Crippen LogP contribution >= 0.6 is 0 Å². The summed E-state index contributed by atoms with van der Waals surface area (Å²) in [6.07, 6.45) is 0.389. The molecule has 0 saturated carbocycles. The molecule has 5 nitrogen and oxygen atoms in total. The quantitative estimate of drug-likeness (QED) is 0.689. The Hall–Kier alpha value is -2.11. The number of nitrogen functional groups attached to an aromatic ring is 1. The van der Waals surface area contributed by atoms with Crippen molar-refractivity contribution < 1.29 is 19.1 Å². The standard InChI is InChI=1S/C12H15FN2O3/c1-2-7(12(17)18)6-15-11(16)9-4-3-8(14)5-10(9)13/h3-5,7H,2,6,14H2,1H3,(H,15,16)(H,17,18). The van der Waals surface area contributed by atoms with Gasteiger partial charge < -0.3 is 16.2 Å². The molecule has 0 spiro atoms. The Kier molecular flexibility index (Phi) is 4.65. The lowest BCUT2D eigenvalue weighted by Crippen LogP contribution is -2.33. The van der Waals surface area contributed by atoms with Crippen molar-refractivity contribution in [1.29, 1.82) is 0 Å². The predicted octanol–water partition coefficient (Wildman–Crippen LogP) is 1.25. The highest BCUT2D eigenvalue weighted by atomic mass is 19.1. The van der Waals surface area contributed by atoms with E-state index in [4.69, 9.17) is 10.8 Å². The van der Waals surface area contributed by atoms with Crippen molar-refractivity contribution in [3.05, 3.63) is 29.6 Å². The van der Waals surface area contributed by atoms with Crippen molar-refractivity contribution in [1.82, 2.24) is 5.32 Å². The third-order valence-electron chi connectivity index (χ3n) is 2.59. The highest BCUT2D eigenvalue weighted by Gasteiger charge is 2.17. The first-order valence-electron chi connectivity index (χ1n) is 5.51. The van der Waals surface area contributed by atoms with E-state index in [0.29, 0.717) is 6.42 Å². The van der Waals surface area contributed by atoms with E-state index < -0.39 is 23.6 Å². The van der Waals surface area contributed by atoms with E-state index in [1.54, 1.807) is 6.92 Å². The van der Waals surface area contributed by atoms with Gasteiger partial charge in [0, 0.05) is 12.2 Å². The summed E-state index contributed by atoms with van der Waals surface area (Å²) in [7, 11) is 0. The number of carbonyl (C=O) groups is 2. The van der Waals surface area contributed by atoms with E-state index in [2.05, 4.69) is 5.32 Å². The number of benzene rings is 1. The van der Waals surface area contributed by atoms with Gasteiger partial charge in [0.15, 0.2) is 0 Å². The highest BCUT2D eigenvalue weighted by molar-refractivity contribution is 5.95. The molecule has 1 atom stereocenters. The van der Waals surface area contributed by atoms with Crippen LogP contribution in [0.4, 0.5) is 10.1 Å². The number of anilines is 1. The van der Waals surface area contributed by atoms with Crippen LogP contribution in [-0.4, -0.2) is 23.5 Å². The van der Waals surface area contributed by atoms with E-state index in [1.807, 2.05) is 0 Å². The number of aliphatic carboxylic acids is 1. The maximum Gasteiger partial charge on any atom is 0.308 e. The number of carboxylic acids is 1. The highest BCUT2D eigenvalue weighted by Crippen LogP contribution is 2.12. The molecule has 0 saturated heterocycles. The van der Waals surface area contributed by atoms with Crippen LogP contribution in [0.1, 0.15) is 23.7 Å². The molecule has 6 heteroatoms. The molecule has 0 aromatic heterocycles. The number of nitrogens with two attached hydrogens (primary N) is 1. The third-order valence-corrected chi connectivity index (χ3v) is 2.59. The fourth-order valence-electron chi connectivity index (χ4n) is 1.43. The Labute approximate surface area is 104 Å². The number of hydrogen-bond acceptors (Lipinski definition) is 3. The van der Waals surface area contributed by atoms with Crippen LogP contribution in [0, 0.1) is 11.7 Å². The normalized spacial score (nSPS) is 11.9. The number of nitrogens with one attached hydrogen (secondary N) is 1. The summed E-state index contributed by atoms with van der Waals surface area (Å²) in [5.41, 5.74) is 5.44. The van der Waals surface area contributed by atoms with Gasteiger partial charge in [0.2, 0.25) is 0 Å². The van der Waals surface area contributed by atoms with Gasteiger partial charge in [-0.2, -0.15) is 0 Å². The van der Waals surface area contributed by atoms with Gasteiger partial charge in [0.05, 0.1) is 11.5 Å². The fourth-order valence-corrected chi connectivity index (χ4v) is 1.43. The van der Waals surface area contributed by atoms with Gasteiger partial charge in [-0.25, -0.2) is 4.39 Å². The summed E-state index contributed by atoms with van der Waals surface area (Å²) < 4.78 is 13.4. The van der Waals surface area contributed by atoms with Gasteiger partial charge in [-0.3, -0.25) is 9.59 Å². The van der Waals surface area contributed by atoms with Gasteiger partial charge >= 0.3 is 5.97 Å². The second kappa shape index (κ2) is 6.00. The molecule has 18 heavy (non-hydrogen) atoms. The van der Waals surface area contributed by atoms with Crippen molar-refractivity contribution in [2.24, 2.45) is 5.92 Å². The van der Waals surface area contributed by atoms with Crippen LogP contribution in [0.25, 0.3) is 0 Å². The lowest BCUT2D eigenvalue weighted by atomic mass is 10.1. The monoisotopic (exact) mass is 254 g/mol. The predicted molar refractivity (Wildman–Crippen MR) is 64.6 cm³/mol. The summed E-state index contributed by atoms with van der Waals surface area (Å²) in [5, 5.41) is 11.2. The number of hydrogen-bond donors (Lipinski definition) is 3. The maximum absolute atomic E-state index is 13.4. The van der Waals surface area contributed by atoms with Crippen LogP contribution < -0.4 is 11.1 Å². The Bertz CT molecular complexity index is 463. The van der Waals surface area contributed by atoms with Gasteiger partial charge in [0.25, 0.3) is 5.91 Å². The van der Waals surface area contributed by atoms with Crippen LogP contribution in [0.5, 0.6) is 0 Å². The molecule has 0 aliphatic rings. The number of halogens is 1.